The van der Waals surface area contributed by atoms with E-state index in [2.05, 4.69) is 16.8 Å². The third-order valence-corrected chi connectivity index (χ3v) is 2.72. The molecular formula is C11H12N4S. The van der Waals surface area contributed by atoms with Crippen LogP contribution in [0.25, 0.3) is 0 Å². The zero-order valence-electron chi connectivity index (χ0n) is 8.73. The van der Waals surface area contributed by atoms with Crippen molar-refractivity contribution in [2.24, 2.45) is 0 Å². The van der Waals surface area contributed by atoms with Crippen LogP contribution in [0.15, 0.2) is 24.3 Å². The van der Waals surface area contributed by atoms with Crippen LogP contribution in [0.5, 0.6) is 0 Å². The third-order valence-electron chi connectivity index (χ3n) is 2.40. The highest BCUT2D eigenvalue weighted by atomic mass is 32.1. The SMILES string of the molecule is N#Cc1ccccc1NC(=S)N1CCCN1. The van der Waals surface area contributed by atoms with Crippen LogP contribution in [0, 0.1) is 11.3 Å². The van der Waals surface area contributed by atoms with Gasteiger partial charge in [-0.3, -0.25) is 5.01 Å². The van der Waals surface area contributed by atoms with Gasteiger partial charge in [-0.25, -0.2) is 5.43 Å². The number of hydrazine groups is 1. The zero-order valence-corrected chi connectivity index (χ0v) is 9.55. The third kappa shape index (κ3) is 2.30. The summed E-state index contributed by atoms with van der Waals surface area (Å²) < 4.78 is 0. The topological polar surface area (TPSA) is 51.1 Å². The molecule has 0 radical (unpaired) electrons. The Balaban J connectivity index is 2.08. The van der Waals surface area contributed by atoms with Crippen molar-refractivity contribution >= 4 is 23.0 Å². The van der Waals surface area contributed by atoms with E-state index in [9.17, 15) is 0 Å². The molecule has 0 aliphatic carbocycles. The Morgan fingerprint density at radius 2 is 2.31 bits per heavy atom. The Morgan fingerprint density at radius 1 is 1.50 bits per heavy atom. The summed E-state index contributed by atoms with van der Waals surface area (Å²) >= 11 is 5.25. The first-order valence-electron chi connectivity index (χ1n) is 5.12. The normalized spacial score (nSPS) is 14.6. The number of anilines is 1. The van der Waals surface area contributed by atoms with E-state index in [0.717, 1.165) is 25.2 Å². The molecule has 2 rings (SSSR count). The van der Waals surface area contributed by atoms with Gasteiger partial charge in [-0.05, 0) is 30.8 Å². The van der Waals surface area contributed by atoms with Gasteiger partial charge in [0.1, 0.15) is 6.07 Å². The average Bonchev–Trinajstić information content (AvgIpc) is 2.83. The Morgan fingerprint density at radius 3 is 3.00 bits per heavy atom. The maximum atomic E-state index is 8.93. The predicted molar refractivity (Wildman–Crippen MR) is 66.7 cm³/mol. The van der Waals surface area contributed by atoms with Gasteiger partial charge in [-0.15, -0.1) is 0 Å². The summed E-state index contributed by atoms with van der Waals surface area (Å²) in [6.07, 6.45) is 1.09. The number of para-hydroxylation sites is 1. The summed E-state index contributed by atoms with van der Waals surface area (Å²) in [4.78, 5) is 0. The molecule has 5 heteroatoms. The van der Waals surface area contributed by atoms with Gasteiger partial charge < -0.3 is 5.32 Å². The van der Waals surface area contributed by atoms with Gasteiger partial charge in [-0.2, -0.15) is 5.26 Å². The molecule has 1 aromatic rings. The van der Waals surface area contributed by atoms with Crippen molar-refractivity contribution in [2.45, 2.75) is 6.42 Å². The van der Waals surface area contributed by atoms with Crippen LogP contribution >= 0.6 is 12.2 Å². The summed E-state index contributed by atoms with van der Waals surface area (Å²) in [6, 6.07) is 9.46. The molecule has 1 saturated heterocycles. The molecule has 16 heavy (non-hydrogen) atoms. The van der Waals surface area contributed by atoms with Crippen molar-refractivity contribution in [1.29, 1.82) is 5.26 Å². The minimum absolute atomic E-state index is 0.601. The van der Waals surface area contributed by atoms with Gasteiger partial charge in [-0.1, -0.05) is 12.1 Å². The zero-order chi connectivity index (χ0) is 11.4. The first kappa shape index (κ1) is 10.9. The van der Waals surface area contributed by atoms with E-state index in [1.54, 1.807) is 6.07 Å². The van der Waals surface area contributed by atoms with Crippen LogP contribution in [-0.2, 0) is 0 Å². The summed E-state index contributed by atoms with van der Waals surface area (Å²) in [6.45, 7) is 1.85. The van der Waals surface area contributed by atoms with Gasteiger partial charge in [0.15, 0.2) is 5.11 Å². The molecule has 0 saturated carbocycles. The lowest BCUT2D eigenvalue weighted by Crippen LogP contribution is -2.39. The maximum Gasteiger partial charge on any atom is 0.187 e. The predicted octanol–water partition coefficient (Wildman–Crippen LogP) is 1.47. The number of hydrogen-bond acceptors (Lipinski definition) is 3. The van der Waals surface area contributed by atoms with E-state index in [0.29, 0.717) is 10.7 Å². The van der Waals surface area contributed by atoms with Crippen LogP contribution < -0.4 is 10.7 Å². The fourth-order valence-corrected chi connectivity index (χ4v) is 1.84. The molecule has 0 bridgehead atoms. The highest BCUT2D eigenvalue weighted by molar-refractivity contribution is 7.80. The standard InChI is InChI=1S/C11H12N4S/c12-8-9-4-1-2-5-10(9)14-11(16)15-7-3-6-13-15/h1-2,4-5,13H,3,6-7H2,(H,14,16). The minimum Gasteiger partial charge on any atom is -0.330 e. The second-order valence-electron chi connectivity index (χ2n) is 3.50. The lowest BCUT2D eigenvalue weighted by atomic mass is 10.2. The number of nitriles is 1. The summed E-state index contributed by atoms with van der Waals surface area (Å²) in [7, 11) is 0. The number of rotatable bonds is 1. The quantitative estimate of drug-likeness (QED) is 0.718. The second kappa shape index (κ2) is 4.92. The molecule has 82 valence electrons. The molecule has 0 aromatic heterocycles. The first-order chi connectivity index (χ1) is 7.81. The maximum absolute atomic E-state index is 8.93. The fraction of sp³-hybridized carbons (Fsp3) is 0.273. The molecule has 2 N–H and O–H groups in total. The number of benzene rings is 1. The molecule has 0 unspecified atom stereocenters. The Labute approximate surface area is 99.8 Å². The van der Waals surface area contributed by atoms with Gasteiger partial charge >= 0.3 is 0 Å². The van der Waals surface area contributed by atoms with E-state index < -0.39 is 0 Å². The van der Waals surface area contributed by atoms with Crippen molar-refractivity contribution in [1.82, 2.24) is 10.4 Å². The molecule has 1 aromatic carbocycles. The van der Waals surface area contributed by atoms with Gasteiger partial charge in [0.05, 0.1) is 11.3 Å². The molecule has 0 amide bonds. The molecule has 0 atom stereocenters. The van der Waals surface area contributed by atoms with Crippen LogP contribution in [0.2, 0.25) is 0 Å². The van der Waals surface area contributed by atoms with Gasteiger partial charge in [0, 0.05) is 13.1 Å². The second-order valence-corrected chi connectivity index (χ2v) is 3.89. The minimum atomic E-state index is 0.601. The van der Waals surface area contributed by atoms with Crippen molar-refractivity contribution in [3.8, 4) is 6.07 Å². The van der Waals surface area contributed by atoms with Gasteiger partial charge in [0.2, 0.25) is 0 Å². The largest absolute Gasteiger partial charge is 0.330 e. The molecule has 0 spiro atoms. The van der Waals surface area contributed by atoms with Crippen LogP contribution in [-0.4, -0.2) is 23.2 Å². The summed E-state index contributed by atoms with van der Waals surface area (Å²) in [5.41, 5.74) is 4.52. The highest BCUT2D eigenvalue weighted by Crippen LogP contribution is 2.14. The molecule has 1 aliphatic heterocycles. The summed E-state index contributed by atoms with van der Waals surface area (Å²) in [5.74, 6) is 0. The molecule has 1 heterocycles. The van der Waals surface area contributed by atoms with Crippen LogP contribution in [0.3, 0.4) is 0 Å². The van der Waals surface area contributed by atoms with Crippen molar-refractivity contribution < 1.29 is 0 Å². The molecule has 1 fully saturated rings. The van der Waals surface area contributed by atoms with E-state index in [1.165, 1.54) is 0 Å². The monoisotopic (exact) mass is 232 g/mol. The highest BCUT2D eigenvalue weighted by Gasteiger charge is 2.14. The Kier molecular flexibility index (Phi) is 3.34. The van der Waals surface area contributed by atoms with E-state index in [1.807, 2.05) is 23.2 Å². The van der Waals surface area contributed by atoms with Gasteiger partial charge in [0.25, 0.3) is 0 Å². The number of nitrogens with zero attached hydrogens (tertiary/aromatic N) is 2. The smallest absolute Gasteiger partial charge is 0.187 e. The van der Waals surface area contributed by atoms with E-state index in [-0.39, 0.29) is 0 Å². The summed E-state index contributed by atoms with van der Waals surface area (Å²) in [5, 5.41) is 14.5. The van der Waals surface area contributed by atoms with E-state index >= 15 is 0 Å². The number of nitrogens with one attached hydrogen (secondary N) is 2. The van der Waals surface area contributed by atoms with Crippen molar-refractivity contribution in [3.63, 3.8) is 0 Å². The number of hydrogen-bond donors (Lipinski definition) is 2. The Bertz CT molecular complexity index is 432. The van der Waals surface area contributed by atoms with Crippen molar-refractivity contribution in [3.05, 3.63) is 29.8 Å². The van der Waals surface area contributed by atoms with Crippen molar-refractivity contribution in [2.75, 3.05) is 18.4 Å². The van der Waals surface area contributed by atoms with E-state index in [4.69, 9.17) is 17.5 Å². The lowest BCUT2D eigenvalue weighted by Gasteiger charge is -2.20. The van der Waals surface area contributed by atoms with Crippen LogP contribution in [0.4, 0.5) is 5.69 Å². The first-order valence-corrected chi connectivity index (χ1v) is 5.53. The molecule has 1 aliphatic rings. The molecular weight excluding hydrogens is 220 g/mol. The Hall–Kier alpha value is -1.64. The molecule has 4 nitrogen and oxygen atoms in total. The fourth-order valence-electron chi connectivity index (χ4n) is 1.58. The number of thiocarbonyl (C=S) groups is 1. The lowest BCUT2D eigenvalue weighted by molar-refractivity contribution is 0.410. The van der Waals surface area contributed by atoms with Crippen LogP contribution in [0.1, 0.15) is 12.0 Å². The average molecular weight is 232 g/mol.